The van der Waals surface area contributed by atoms with E-state index in [1.165, 1.54) is 17.7 Å². The van der Waals surface area contributed by atoms with E-state index in [4.69, 9.17) is 5.73 Å². The van der Waals surface area contributed by atoms with Crippen LogP contribution in [0.5, 0.6) is 0 Å². The average Bonchev–Trinajstić information content (AvgIpc) is 3.17. The molecular formula is C13H20N4O. The molecule has 0 spiro atoms. The topological polar surface area (TPSA) is 71.2 Å². The maximum atomic E-state index is 11.7. The van der Waals surface area contributed by atoms with E-state index >= 15 is 0 Å². The van der Waals surface area contributed by atoms with Crippen LogP contribution in [0, 0.1) is 5.41 Å². The van der Waals surface area contributed by atoms with E-state index in [1.54, 1.807) is 26.4 Å². The SMILES string of the molecule is CN(C)C(=O)c1ccc(NCC2(CN)CC2)nc1. The Hall–Kier alpha value is -1.62. The van der Waals surface area contributed by atoms with E-state index in [-0.39, 0.29) is 11.3 Å². The van der Waals surface area contributed by atoms with Crippen molar-refractivity contribution in [2.45, 2.75) is 12.8 Å². The van der Waals surface area contributed by atoms with Gasteiger partial charge in [-0.2, -0.15) is 0 Å². The Labute approximate surface area is 107 Å². The fraction of sp³-hybridized carbons (Fsp3) is 0.538. The molecule has 0 aromatic carbocycles. The minimum atomic E-state index is -0.0327. The molecule has 1 heterocycles. The summed E-state index contributed by atoms with van der Waals surface area (Å²) in [7, 11) is 3.46. The highest BCUT2D eigenvalue weighted by Gasteiger charge is 2.40. The van der Waals surface area contributed by atoms with Crippen molar-refractivity contribution >= 4 is 11.7 Å². The minimum Gasteiger partial charge on any atom is -0.369 e. The zero-order valence-corrected chi connectivity index (χ0v) is 10.9. The first-order valence-corrected chi connectivity index (χ1v) is 6.18. The molecule has 0 saturated heterocycles. The number of carbonyl (C=O) groups is 1. The molecule has 5 nitrogen and oxygen atoms in total. The molecule has 1 aromatic rings. The smallest absolute Gasteiger partial charge is 0.254 e. The van der Waals surface area contributed by atoms with Crippen molar-refractivity contribution in [1.82, 2.24) is 9.88 Å². The fourth-order valence-electron chi connectivity index (χ4n) is 1.79. The van der Waals surface area contributed by atoms with Gasteiger partial charge in [-0.3, -0.25) is 4.79 Å². The molecule has 1 aliphatic rings. The average molecular weight is 248 g/mol. The van der Waals surface area contributed by atoms with E-state index in [9.17, 15) is 4.79 Å². The number of anilines is 1. The number of nitrogens with two attached hydrogens (primary N) is 1. The highest BCUT2D eigenvalue weighted by molar-refractivity contribution is 5.93. The van der Waals surface area contributed by atoms with Gasteiger partial charge in [0.25, 0.3) is 5.91 Å². The summed E-state index contributed by atoms with van der Waals surface area (Å²) in [6.45, 7) is 1.58. The second kappa shape index (κ2) is 4.94. The van der Waals surface area contributed by atoms with E-state index < -0.39 is 0 Å². The van der Waals surface area contributed by atoms with Crippen LogP contribution < -0.4 is 11.1 Å². The maximum Gasteiger partial charge on any atom is 0.254 e. The first-order chi connectivity index (χ1) is 8.56. The molecule has 1 fully saturated rings. The van der Waals surface area contributed by atoms with Crippen LogP contribution in [0.3, 0.4) is 0 Å². The molecule has 98 valence electrons. The summed E-state index contributed by atoms with van der Waals surface area (Å²) >= 11 is 0. The van der Waals surface area contributed by atoms with Gasteiger partial charge in [0.1, 0.15) is 5.82 Å². The van der Waals surface area contributed by atoms with Gasteiger partial charge < -0.3 is 16.0 Å². The number of rotatable bonds is 5. The van der Waals surface area contributed by atoms with Crippen LogP contribution in [0.15, 0.2) is 18.3 Å². The molecule has 1 aromatic heterocycles. The van der Waals surface area contributed by atoms with Crippen molar-refractivity contribution < 1.29 is 4.79 Å². The van der Waals surface area contributed by atoms with Crippen molar-refractivity contribution in [2.75, 3.05) is 32.5 Å². The number of pyridine rings is 1. The van der Waals surface area contributed by atoms with Gasteiger partial charge in [0, 0.05) is 26.8 Å². The van der Waals surface area contributed by atoms with Crippen molar-refractivity contribution in [1.29, 1.82) is 0 Å². The highest BCUT2D eigenvalue weighted by Crippen LogP contribution is 2.44. The predicted molar refractivity (Wildman–Crippen MR) is 71.5 cm³/mol. The molecule has 1 saturated carbocycles. The Morgan fingerprint density at radius 2 is 2.22 bits per heavy atom. The summed E-state index contributed by atoms with van der Waals surface area (Å²) < 4.78 is 0. The second-order valence-electron chi connectivity index (χ2n) is 5.19. The molecule has 0 radical (unpaired) electrons. The van der Waals surface area contributed by atoms with Gasteiger partial charge in [-0.15, -0.1) is 0 Å². The summed E-state index contributed by atoms with van der Waals surface area (Å²) in [4.78, 5) is 17.5. The number of hydrogen-bond donors (Lipinski definition) is 2. The van der Waals surface area contributed by atoms with Crippen LogP contribution in [-0.2, 0) is 0 Å². The van der Waals surface area contributed by atoms with Gasteiger partial charge in [0.15, 0.2) is 0 Å². The van der Waals surface area contributed by atoms with Crippen molar-refractivity contribution in [3.05, 3.63) is 23.9 Å². The third-order valence-electron chi connectivity index (χ3n) is 3.45. The first kappa shape index (κ1) is 12.8. The molecule has 1 aliphatic carbocycles. The van der Waals surface area contributed by atoms with E-state index in [2.05, 4.69) is 10.3 Å². The molecule has 0 unspecified atom stereocenters. The van der Waals surface area contributed by atoms with Gasteiger partial charge in [-0.1, -0.05) is 0 Å². The summed E-state index contributed by atoms with van der Waals surface area (Å²) in [6, 6.07) is 3.63. The number of hydrogen-bond acceptors (Lipinski definition) is 4. The molecule has 1 amide bonds. The summed E-state index contributed by atoms with van der Waals surface area (Å²) in [5, 5.41) is 3.28. The number of nitrogens with one attached hydrogen (secondary N) is 1. The third-order valence-corrected chi connectivity index (χ3v) is 3.45. The zero-order chi connectivity index (χ0) is 13.2. The van der Waals surface area contributed by atoms with E-state index in [0.717, 1.165) is 18.9 Å². The van der Waals surface area contributed by atoms with Gasteiger partial charge in [-0.25, -0.2) is 4.98 Å². The lowest BCUT2D eigenvalue weighted by molar-refractivity contribution is 0.0827. The van der Waals surface area contributed by atoms with Crippen LogP contribution in [-0.4, -0.2) is 43.0 Å². The molecule has 3 N–H and O–H groups in total. The Kier molecular flexibility index (Phi) is 3.52. The van der Waals surface area contributed by atoms with Crippen LogP contribution >= 0.6 is 0 Å². The van der Waals surface area contributed by atoms with Crippen molar-refractivity contribution in [3.8, 4) is 0 Å². The molecule has 2 rings (SSSR count). The fourth-order valence-corrected chi connectivity index (χ4v) is 1.79. The van der Waals surface area contributed by atoms with Crippen LogP contribution in [0.25, 0.3) is 0 Å². The molecule has 0 atom stereocenters. The van der Waals surface area contributed by atoms with E-state index in [0.29, 0.717) is 5.56 Å². The van der Waals surface area contributed by atoms with Gasteiger partial charge in [0.2, 0.25) is 0 Å². The molecule has 0 bridgehead atoms. The number of carbonyl (C=O) groups excluding carboxylic acids is 1. The lowest BCUT2D eigenvalue weighted by Crippen LogP contribution is -2.24. The molecule has 5 heteroatoms. The number of aromatic nitrogens is 1. The zero-order valence-electron chi connectivity index (χ0n) is 10.9. The summed E-state index contributed by atoms with van der Waals surface area (Å²) in [5.41, 5.74) is 6.60. The maximum absolute atomic E-state index is 11.7. The summed E-state index contributed by atoms with van der Waals surface area (Å²) in [5.74, 6) is 0.764. The molecule has 0 aliphatic heterocycles. The van der Waals surface area contributed by atoms with Gasteiger partial charge in [-0.05, 0) is 36.9 Å². The van der Waals surface area contributed by atoms with Gasteiger partial charge in [0.05, 0.1) is 5.56 Å². The largest absolute Gasteiger partial charge is 0.369 e. The Morgan fingerprint density at radius 1 is 1.50 bits per heavy atom. The lowest BCUT2D eigenvalue weighted by atomic mass is 10.1. The first-order valence-electron chi connectivity index (χ1n) is 6.18. The third kappa shape index (κ3) is 2.79. The molecular weight excluding hydrogens is 228 g/mol. The summed E-state index contributed by atoms with van der Waals surface area (Å²) in [6.07, 6.45) is 3.98. The normalized spacial score (nSPS) is 16.2. The van der Waals surface area contributed by atoms with Crippen LogP contribution in [0.2, 0.25) is 0 Å². The van der Waals surface area contributed by atoms with Gasteiger partial charge >= 0.3 is 0 Å². The van der Waals surface area contributed by atoms with Crippen molar-refractivity contribution in [2.24, 2.45) is 11.1 Å². The number of nitrogens with zero attached hydrogens (tertiary/aromatic N) is 2. The standard InChI is InChI=1S/C13H20N4O/c1-17(2)12(18)10-3-4-11(15-7-10)16-9-13(8-14)5-6-13/h3-4,7H,5-6,8-9,14H2,1-2H3,(H,15,16). The van der Waals surface area contributed by atoms with E-state index in [1.807, 2.05) is 6.07 Å². The minimum absolute atomic E-state index is 0.0327. The quantitative estimate of drug-likeness (QED) is 0.813. The highest BCUT2D eigenvalue weighted by atomic mass is 16.2. The van der Waals surface area contributed by atoms with Crippen LogP contribution in [0.1, 0.15) is 23.2 Å². The molecule has 18 heavy (non-hydrogen) atoms. The lowest BCUT2D eigenvalue weighted by Gasteiger charge is -2.14. The monoisotopic (exact) mass is 248 g/mol. The second-order valence-corrected chi connectivity index (χ2v) is 5.19. The Balaban J connectivity index is 1.93. The number of amides is 1. The Bertz CT molecular complexity index is 423. The van der Waals surface area contributed by atoms with Crippen molar-refractivity contribution in [3.63, 3.8) is 0 Å². The predicted octanol–water partition coefficient (Wildman–Crippen LogP) is 0.934. The Morgan fingerprint density at radius 3 is 2.67 bits per heavy atom. The van der Waals surface area contributed by atoms with Crippen LogP contribution in [0.4, 0.5) is 5.82 Å².